The topological polar surface area (TPSA) is 36.4 Å². The van der Waals surface area contributed by atoms with Gasteiger partial charge in [0.1, 0.15) is 0 Å². The van der Waals surface area contributed by atoms with E-state index in [1.807, 2.05) is 12.1 Å². The fourth-order valence-corrected chi connectivity index (χ4v) is 1.74. The average molecular weight is 192 g/mol. The molecule has 0 saturated heterocycles. The van der Waals surface area contributed by atoms with E-state index >= 15 is 0 Å². The SMILES string of the molecule is CN(CC1(CO)CC1)c1ccncc1. The molecule has 0 aromatic carbocycles. The summed E-state index contributed by atoms with van der Waals surface area (Å²) >= 11 is 0. The zero-order chi connectivity index (χ0) is 10.0. The van der Waals surface area contributed by atoms with Crippen LogP contribution in [-0.4, -0.2) is 30.3 Å². The summed E-state index contributed by atoms with van der Waals surface area (Å²) in [5.41, 5.74) is 1.35. The molecule has 1 N–H and O–H groups in total. The number of anilines is 1. The molecule has 3 heteroatoms. The third-order valence-electron chi connectivity index (χ3n) is 2.97. The van der Waals surface area contributed by atoms with E-state index in [-0.39, 0.29) is 5.41 Å². The Kier molecular flexibility index (Phi) is 2.42. The van der Waals surface area contributed by atoms with Crippen LogP contribution in [0.15, 0.2) is 24.5 Å². The van der Waals surface area contributed by atoms with Crippen molar-refractivity contribution in [2.45, 2.75) is 12.8 Å². The van der Waals surface area contributed by atoms with Crippen LogP contribution < -0.4 is 4.90 Å². The molecule has 0 radical (unpaired) electrons. The van der Waals surface area contributed by atoms with E-state index in [1.54, 1.807) is 12.4 Å². The Morgan fingerprint density at radius 1 is 1.43 bits per heavy atom. The first-order chi connectivity index (χ1) is 6.76. The van der Waals surface area contributed by atoms with E-state index in [0.29, 0.717) is 6.61 Å². The first kappa shape index (κ1) is 9.46. The second-order valence-corrected chi connectivity index (χ2v) is 4.22. The van der Waals surface area contributed by atoms with Gasteiger partial charge in [0.2, 0.25) is 0 Å². The number of aliphatic hydroxyl groups excluding tert-OH is 1. The van der Waals surface area contributed by atoms with Gasteiger partial charge in [-0.2, -0.15) is 0 Å². The highest BCUT2D eigenvalue weighted by Crippen LogP contribution is 2.45. The van der Waals surface area contributed by atoms with Crippen LogP contribution in [0.1, 0.15) is 12.8 Å². The van der Waals surface area contributed by atoms with Crippen LogP contribution in [-0.2, 0) is 0 Å². The van der Waals surface area contributed by atoms with Gasteiger partial charge in [0, 0.05) is 37.1 Å². The van der Waals surface area contributed by atoms with E-state index in [4.69, 9.17) is 0 Å². The maximum atomic E-state index is 9.21. The van der Waals surface area contributed by atoms with Crippen molar-refractivity contribution < 1.29 is 5.11 Å². The van der Waals surface area contributed by atoms with Crippen molar-refractivity contribution in [3.05, 3.63) is 24.5 Å². The van der Waals surface area contributed by atoms with Crippen LogP contribution in [0.5, 0.6) is 0 Å². The molecule has 3 nitrogen and oxygen atoms in total. The normalized spacial score (nSPS) is 17.9. The van der Waals surface area contributed by atoms with E-state index in [9.17, 15) is 5.11 Å². The van der Waals surface area contributed by atoms with Gasteiger partial charge in [-0.15, -0.1) is 0 Å². The molecular formula is C11H16N2O. The Morgan fingerprint density at radius 2 is 2.07 bits per heavy atom. The molecule has 0 spiro atoms. The van der Waals surface area contributed by atoms with Crippen molar-refractivity contribution in [1.29, 1.82) is 0 Å². The standard InChI is InChI=1S/C11H16N2O/c1-13(8-11(9-14)4-5-11)10-2-6-12-7-3-10/h2-3,6-7,14H,4-5,8-9H2,1H3. The summed E-state index contributed by atoms with van der Waals surface area (Å²) in [6, 6.07) is 3.99. The zero-order valence-electron chi connectivity index (χ0n) is 8.48. The minimum atomic E-state index is 0.179. The maximum Gasteiger partial charge on any atom is 0.0504 e. The predicted molar refractivity (Wildman–Crippen MR) is 56.3 cm³/mol. The van der Waals surface area contributed by atoms with Crippen LogP contribution >= 0.6 is 0 Å². The number of hydrogen-bond acceptors (Lipinski definition) is 3. The van der Waals surface area contributed by atoms with E-state index in [1.165, 1.54) is 5.69 Å². The lowest BCUT2D eigenvalue weighted by atomic mass is 10.1. The highest BCUT2D eigenvalue weighted by molar-refractivity contribution is 5.44. The molecule has 1 heterocycles. The summed E-state index contributed by atoms with van der Waals surface area (Å²) < 4.78 is 0. The van der Waals surface area contributed by atoms with Crippen LogP contribution in [0.3, 0.4) is 0 Å². The second-order valence-electron chi connectivity index (χ2n) is 4.22. The molecule has 1 aliphatic rings. The van der Waals surface area contributed by atoms with Gasteiger partial charge in [-0.05, 0) is 25.0 Å². The zero-order valence-corrected chi connectivity index (χ0v) is 8.48. The van der Waals surface area contributed by atoms with Gasteiger partial charge in [-0.3, -0.25) is 4.98 Å². The highest BCUT2D eigenvalue weighted by atomic mass is 16.3. The molecule has 0 aliphatic heterocycles. The molecule has 76 valence electrons. The number of aliphatic hydroxyl groups is 1. The Morgan fingerprint density at radius 3 is 2.57 bits per heavy atom. The van der Waals surface area contributed by atoms with Gasteiger partial charge in [0.05, 0.1) is 6.61 Å². The molecule has 1 aromatic heterocycles. The second kappa shape index (κ2) is 3.58. The molecule has 1 fully saturated rings. The molecule has 1 aliphatic carbocycles. The molecule has 1 saturated carbocycles. The predicted octanol–water partition coefficient (Wildman–Crippen LogP) is 1.29. The van der Waals surface area contributed by atoms with Crippen LogP contribution in [0.4, 0.5) is 5.69 Å². The minimum absolute atomic E-state index is 0.179. The van der Waals surface area contributed by atoms with Gasteiger partial charge in [0.25, 0.3) is 0 Å². The Balaban J connectivity index is 1.99. The fourth-order valence-electron chi connectivity index (χ4n) is 1.74. The van der Waals surface area contributed by atoms with Crippen molar-refractivity contribution in [2.24, 2.45) is 5.41 Å². The molecule has 14 heavy (non-hydrogen) atoms. The lowest BCUT2D eigenvalue weighted by Crippen LogP contribution is -2.28. The summed E-state index contributed by atoms with van der Waals surface area (Å²) in [4.78, 5) is 6.17. The van der Waals surface area contributed by atoms with Gasteiger partial charge in [-0.25, -0.2) is 0 Å². The third-order valence-corrected chi connectivity index (χ3v) is 2.97. The maximum absolute atomic E-state index is 9.21. The lowest BCUT2D eigenvalue weighted by Gasteiger charge is -2.24. The monoisotopic (exact) mass is 192 g/mol. The molecule has 0 atom stereocenters. The number of rotatable bonds is 4. The number of hydrogen-bond donors (Lipinski definition) is 1. The first-order valence-electron chi connectivity index (χ1n) is 4.98. The van der Waals surface area contributed by atoms with Crippen LogP contribution in [0.2, 0.25) is 0 Å². The molecule has 0 bridgehead atoms. The van der Waals surface area contributed by atoms with Crippen LogP contribution in [0.25, 0.3) is 0 Å². The van der Waals surface area contributed by atoms with Crippen molar-refractivity contribution in [3.63, 3.8) is 0 Å². The summed E-state index contributed by atoms with van der Waals surface area (Å²) in [6.07, 6.45) is 5.90. The van der Waals surface area contributed by atoms with Crippen LogP contribution in [0, 0.1) is 5.41 Å². The van der Waals surface area contributed by atoms with Gasteiger partial charge in [0.15, 0.2) is 0 Å². The molecule has 0 unspecified atom stereocenters. The Bertz CT molecular complexity index is 295. The third kappa shape index (κ3) is 1.87. The van der Waals surface area contributed by atoms with E-state index in [0.717, 1.165) is 19.4 Å². The largest absolute Gasteiger partial charge is 0.396 e. The summed E-state index contributed by atoms with van der Waals surface area (Å²) in [6.45, 7) is 1.25. The Labute approximate surface area is 84.4 Å². The summed E-state index contributed by atoms with van der Waals surface area (Å²) in [7, 11) is 2.06. The van der Waals surface area contributed by atoms with Gasteiger partial charge >= 0.3 is 0 Å². The summed E-state index contributed by atoms with van der Waals surface area (Å²) in [5, 5.41) is 9.21. The average Bonchev–Trinajstić information content (AvgIpc) is 3.00. The first-order valence-corrected chi connectivity index (χ1v) is 4.98. The number of pyridine rings is 1. The minimum Gasteiger partial charge on any atom is -0.396 e. The fraction of sp³-hybridized carbons (Fsp3) is 0.545. The summed E-state index contributed by atoms with van der Waals surface area (Å²) in [5.74, 6) is 0. The smallest absolute Gasteiger partial charge is 0.0504 e. The van der Waals surface area contributed by atoms with E-state index < -0.39 is 0 Å². The quantitative estimate of drug-likeness (QED) is 0.781. The lowest BCUT2D eigenvalue weighted by molar-refractivity contribution is 0.215. The Hall–Kier alpha value is -1.09. The molecule has 1 aromatic rings. The molecular weight excluding hydrogens is 176 g/mol. The number of aromatic nitrogens is 1. The molecule has 2 rings (SSSR count). The van der Waals surface area contributed by atoms with E-state index in [2.05, 4.69) is 16.9 Å². The van der Waals surface area contributed by atoms with Gasteiger partial charge in [-0.1, -0.05) is 0 Å². The highest BCUT2D eigenvalue weighted by Gasteiger charge is 2.42. The van der Waals surface area contributed by atoms with Crippen molar-refractivity contribution >= 4 is 5.69 Å². The number of nitrogens with zero attached hydrogens (tertiary/aromatic N) is 2. The van der Waals surface area contributed by atoms with Crippen molar-refractivity contribution in [3.8, 4) is 0 Å². The van der Waals surface area contributed by atoms with Crippen molar-refractivity contribution in [1.82, 2.24) is 4.98 Å². The van der Waals surface area contributed by atoms with Crippen molar-refractivity contribution in [2.75, 3.05) is 25.1 Å². The van der Waals surface area contributed by atoms with Gasteiger partial charge < -0.3 is 10.0 Å². The molecule has 0 amide bonds.